The Kier molecular flexibility index (Phi) is 10.6. The van der Waals surface area contributed by atoms with Crippen molar-refractivity contribution >= 4 is 67.1 Å². The summed E-state index contributed by atoms with van der Waals surface area (Å²) in [5, 5.41) is 25.7. The number of nitrogens with one attached hydrogen (secondary N) is 1. The van der Waals surface area contributed by atoms with E-state index in [0.29, 0.717) is 28.1 Å². The summed E-state index contributed by atoms with van der Waals surface area (Å²) in [7, 11) is -4.51. The Hall–Kier alpha value is -2.70. The van der Waals surface area contributed by atoms with E-state index in [0.717, 1.165) is 6.07 Å². The number of rotatable bonds is 8. The molecule has 0 atom stereocenters. The standard InChI is InChI=1S/C27H23Cl2N3O6S.Na/c1-3-16-22(39(35,36)37)13-12-20(23(16)29)31-32-24-17-9-6-5-8-15(17)14-18(25(24)33)27(34)30-21-11-7-10-19(28)26(21)38-4-2;/h5-14,33H,3-4H2,1-2H3,(H,30,34)(H,35,36,37);/q;+1/p-1. The Balaban J connectivity index is 0.00000441. The minimum Gasteiger partial charge on any atom is -0.870 e. The molecular formula is C27H22Cl2N3NaO6S. The molecule has 13 heteroatoms. The molecule has 2 N–H and O–H groups in total. The van der Waals surface area contributed by atoms with Crippen LogP contribution >= 0.6 is 23.2 Å². The van der Waals surface area contributed by atoms with Crippen molar-refractivity contribution in [2.24, 2.45) is 10.2 Å². The number of halogens is 2. The van der Waals surface area contributed by atoms with Crippen LogP contribution in [0.1, 0.15) is 29.8 Å². The van der Waals surface area contributed by atoms with Crippen LogP contribution < -0.4 is 44.7 Å². The van der Waals surface area contributed by atoms with Crippen molar-refractivity contribution in [1.29, 1.82) is 0 Å². The molecule has 0 aliphatic rings. The second kappa shape index (κ2) is 13.3. The number of amides is 1. The van der Waals surface area contributed by atoms with Crippen molar-refractivity contribution in [1.82, 2.24) is 0 Å². The third kappa shape index (κ3) is 6.60. The van der Waals surface area contributed by atoms with Crippen molar-refractivity contribution in [3.8, 4) is 11.5 Å². The molecule has 0 aliphatic heterocycles. The van der Waals surface area contributed by atoms with E-state index < -0.39 is 21.8 Å². The maximum absolute atomic E-state index is 13.5. The van der Waals surface area contributed by atoms with Gasteiger partial charge in [-0.3, -0.25) is 9.35 Å². The van der Waals surface area contributed by atoms with Crippen LogP contribution in [0.15, 0.2) is 75.8 Å². The second-order valence-electron chi connectivity index (χ2n) is 8.23. The topological polar surface area (TPSA) is 140 Å². The van der Waals surface area contributed by atoms with Crippen LogP contribution in [0.5, 0.6) is 11.5 Å². The van der Waals surface area contributed by atoms with Crippen molar-refractivity contribution in [3.63, 3.8) is 0 Å². The minimum atomic E-state index is -4.51. The number of benzene rings is 4. The van der Waals surface area contributed by atoms with Gasteiger partial charge >= 0.3 is 29.6 Å². The van der Waals surface area contributed by atoms with E-state index in [1.165, 1.54) is 12.1 Å². The van der Waals surface area contributed by atoms with Gasteiger partial charge < -0.3 is 15.2 Å². The zero-order chi connectivity index (χ0) is 28.3. The van der Waals surface area contributed by atoms with Crippen molar-refractivity contribution in [2.45, 2.75) is 25.2 Å². The van der Waals surface area contributed by atoms with Gasteiger partial charge in [0.25, 0.3) is 16.0 Å². The molecule has 0 saturated carbocycles. The van der Waals surface area contributed by atoms with Gasteiger partial charge in [0.2, 0.25) is 0 Å². The summed E-state index contributed by atoms with van der Waals surface area (Å²) in [5.41, 5.74) is 0.236. The van der Waals surface area contributed by atoms with Gasteiger partial charge in [0.15, 0.2) is 5.75 Å². The van der Waals surface area contributed by atoms with Crippen molar-refractivity contribution < 1.29 is 57.2 Å². The number of fused-ring (bicyclic) bond motifs is 1. The van der Waals surface area contributed by atoms with E-state index in [1.807, 2.05) is 0 Å². The summed E-state index contributed by atoms with van der Waals surface area (Å²) in [4.78, 5) is 12.9. The monoisotopic (exact) mass is 609 g/mol. The molecule has 0 spiro atoms. The molecule has 0 fully saturated rings. The number of anilines is 1. The van der Waals surface area contributed by atoms with Gasteiger partial charge in [-0.2, -0.15) is 13.5 Å². The third-order valence-corrected chi connectivity index (χ3v) is 7.45. The molecule has 9 nitrogen and oxygen atoms in total. The molecule has 4 aromatic carbocycles. The first-order chi connectivity index (χ1) is 18.6. The Morgan fingerprint density at radius 1 is 1.05 bits per heavy atom. The largest absolute Gasteiger partial charge is 1.00 e. The fourth-order valence-corrected chi connectivity index (χ4v) is 5.43. The zero-order valence-electron chi connectivity index (χ0n) is 21.7. The van der Waals surface area contributed by atoms with E-state index in [1.54, 1.807) is 56.3 Å². The Labute approximate surface area is 263 Å². The van der Waals surface area contributed by atoms with Crippen LogP contribution in [0.2, 0.25) is 10.0 Å². The first kappa shape index (κ1) is 31.8. The number of hydrogen-bond donors (Lipinski definition) is 2. The molecule has 0 radical (unpaired) electrons. The summed E-state index contributed by atoms with van der Waals surface area (Å²) in [6, 6.07) is 15.6. The zero-order valence-corrected chi connectivity index (χ0v) is 26.1. The first-order valence-electron chi connectivity index (χ1n) is 11.7. The molecular weight excluding hydrogens is 588 g/mol. The average molecular weight is 610 g/mol. The number of carbonyl (C=O) groups is 1. The molecule has 4 rings (SSSR count). The summed E-state index contributed by atoms with van der Waals surface area (Å²) in [5.74, 6) is -1.11. The average Bonchev–Trinajstić information content (AvgIpc) is 2.89. The predicted molar refractivity (Wildman–Crippen MR) is 149 cm³/mol. The third-order valence-electron chi connectivity index (χ3n) is 5.79. The fourth-order valence-electron chi connectivity index (χ4n) is 4.01. The van der Waals surface area contributed by atoms with Crippen LogP contribution in [0.3, 0.4) is 0 Å². The Bertz CT molecular complexity index is 1730. The van der Waals surface area contributed by atoms with E-state index in [-0.39, 0.29) is 74.1 Å². The van der Waals surface area contributed by atoms with Crippen LogP contribution in [-0.4, -0.2) is 25.5 Å². The summed E-state index contributed by atoms with van der Waals surface area (Å²) >= 11 is 12.6. The van der Waals surface area contributed by atoms with E-state index in [2.05, 4.69) is 15.5 Å². The minimum absolute atomic E-state index is 0. The molecule has 202 valence electrons. The quantitative estimate of drug-likeness (QED) is 0.175. The summed E-state index contributed by atoms with van der Waals surface area (Å²) in [6.45, 7) is 3.75. The van der Waals surface area contributed by atoms with Crippen LogP contribution in [0, 0.1) is 0 Å². The SMILES string of the molecule is CCOc1c(Cl)cccc1NC(=O)c1cc2ccccc2c(N=Nc2ccc(S(=O)(=O)O)c(CC)c2Cl)c1[O-].[Na+]. The maximum atomic E-state index is 13.5. The normalized spacial score (nSPS) is 11.4. The smallest absolute Gasteiger partial charge is 0.870 e. The molecule has 0 aromatic heterocycles. The predicted octanol–water partition coefficient (Wildman–Crippen LogP) is 4.10. The Morgan fingerprint density at radius 3 is 2.45 bits per heavy atom. The van der Waals surface area contributed by atoms with E-state index in [9.17, 15) is 22.9 Å². The van der Waals surface area contributed by atoms with Crippen LogP contribution in [-0.2, 0) is 16.5 Å². The van der Waals surface area contributed by atoms with Crippen molar-refractivity contribution in [2.75, 3.05) is 11.9 Å². The molecule has 1 amide bonds. The Morgan fingerprint density at radius 2 is 1.77 bits per heavy atom. The van der Waals surface area contributed by atoms with Crippen LogP contribution in [0.4, 0.5) is 17.1 Å². The molecule has 0 unspecified atom stereocenters. The molecule has 0 saturated heterocycles. The van der Waals surface area contributed by atoms with Crippen LogP contribution in [0.25, 0.3) is 10.8 Å². The number of carbonyl (C=O) groups excluding carboxylic acids is 1. The van der Waals surface area contributed by atoms with Gasteiger partial charge in [0.1, 0.15) is 5.69 Å². The van der Waals surface area contributed by atoms with Gasteiger partial charge in [-0.25, -0.2) is 0 Å². The number of para-hydroxylation sites is 1. The van der Waals surface area contributed by atoms with Gasteiger partial charge in [0, 0.05) is 10.9 Å². The van der Waals surface area contributed by atoms with Crippen molar-refractivity contribution in [3.05, 3.63) is 81.8 Å². The van der Waals surface area contributed by atoms with E-state index >= 15 is 0 Å². The fraction of sp³-hybridized carbons (Fsp3) is 0.148. The summed E-state index contributed by atoms with van der Waals surface area (Å²) in [6.07, 6.45) is 0.190. The van der Waals surface area contributed by atoms with Gasteiger partial charge in [-0.15, -0.1) is 5.11 Å². The second-order valence-corrected chi connectivity index (χ2v) is 10.4. The summed E-state index contributed by atoms with van der Waals surface area (Å²) < 4.78 is 38.5. The first-order valence-corrected chi connectivity index (χ1v) is 13.9. The number of ether oxygens (including phenoxy) is 1. The molecule has 0 heterocycles. The number of nitrogens with zero attached hydrogens (tertiary/aromatic N) is 2. The molecule has 4 aromatic rings. The number of hydrogen-bond acceptors (Lipinski definition) is 7. The van der Waals surface area contributed by atoms with E-state index in [4.69, 9.17) is 27.9 Å². The maximum Gasteiger partial charge on any atom is 1.00 e. The van der Waals surface area contributed by atoms with Gasteiger partial charge in [0.05, 0.1) is 32.9 Å². The van der Waals surface area contributed by atoms with Gasteiger partial charge in [-0.1, -0.05) is 66.2 Å². The molecule has 0 bridgehead atoms. The molecule has 0 aliphatic carbocycles. The van der Waals surface area contributed by atoms with Gasteiger partial charge in [-0.05, 0) is 54.6 Å². The number of azo groups is 1. The molecule has 40 heavy (non-hydrogen) atoms.